The van der Waals surface area contributed by atoms with Gasteiger partial charge in [-0.15, -0.1) is 12.4 Å². The van der Waals surface area contributed by atoms with Crippen LogP contribution in [-0.4, -0.2) is 36.5 Å². The summed E-state index contributed by atoms with van der Waals surface area (Å²) in [6, 6.07) is 9.29. The largest absolute Gasteiger partial charge is 0.486 e. The highest BCUT2D eigenvalue weighted by atomic mass is 35.5. The highest BCUT2D eigenvalue weighted by molar-refractivity contribution is 5.91. The number of rotatable bonds is 4. The summed E-state index contributed by atoms with van der Waals surface area (Å²) in [5, 5.41) is 3.25. The SMILES string of the molecule is CC1CNCCN1C(=O)c1ccc(COc2ccc(F)cc2)o1.Cl. The molecule has 5 nitrogen and oxygen atoms in total. The van der Waals surface area contributed by atoms with Gasteiger partial charge in [-0.2, -0.15) is 0 Å². The summed E-state index contributed by atoms with van der Waals surface area (Å²) in [5.74, 6) is 1.00. The van der Waals surface area contributed by atoms with Crippen molar-refractivity contribution >= 4 is 18.3 Å². The molecule has 2 heterocycles. The van der Waals surface area contributed by atoms with E-state index >= 15 is 0 Å². The Bertz CT molecular complexity index is 675. The maximum absolute atomic E-state index is 12.8. The van der Waals surface area contributed by atoms with Crippen LogP contribution < -0.4 is 10.1 Å². The molecule has 24 heavy (non-hydrogen) atoms. The van der Waals surface area contributed by atoms with Crippen LogP contribution in [0.4, 0.5) is 4.39 Å². The van der Waals surface area contributed by atoms with Gasteiger partial charge in [-0.3, -0.25) is 4.79 Å². The third-order valence-corrected chi connectivity index (χ3v) is 3.83. The second-order valence-corrected chi connectivity index (χ2v) is 5.56. The smallest absolute Gasteiger partial charge is 0.289 e. The van der Waals surface area contributed by atoms with Gasteiger partial charge in [-0.05, 0) is 43.3 Å². The highest BCUT2D eigenvalue weighted by Crippen LogP contribution is 2.17. The number of furan rings is 1. The lowest BCUT2D eigenvalue weighted by molar-refractivity contribution is 0.0619. The molecule has 2 aromatic rings. The Morgan fingerprint density at radius 3 is 2.79 bits per heavy atom. The Hall–Kier alpha value is -2.05. The van der Waals surface area contributed by atoms with Gasteiger partial charge >= 0.3 is 0 Å². The van der Waals surface area contributed by atoms with E-state index in [-0.39, 0.29) is 36.8 Å². The Kier molecular flexibility index (Phi) is 6.23. The topological polar surface area (TPSA) is 54.7 Å². The molecule has 1 aromatic carbocycles. The van der Waals surface area contributed by atoms with E-state index < -0.39 is 0 Å². The van der Waals surface area contributed by atoms with Crippen molar-refractivity contribution in [1.29, 1.82) is 0 Å². The van der Waals surface area contributed by atoms with Gasteiger partial charge < -0.3 is 19.4 Å². The molecular formula is C17H20ClFN2O3. The van der Waals surface area contributed by atoms with Crippen LogP contribution >= 0.6 is 12.4 Å². The van der Waals surface area contributed by atoms with E-state index in [1.54, 1.807) is 29.2 Å². The zero-order valence-corrected chi connectivity index (χ0v) is 14.1. The van der Waals surface area contributed by atoms with Crippen molar-refractivity contribution in [2.45, 2.75) is 19.6 Å². The standard InChI is InChI=1S/C17H19FN2O3.ClH/c1-12-10-19-8-9-20(12)17(21)16-7-6-15(23-16)11-22-14-4-2-13(18)3-5-14;/h2-7,12,19H,8-11H2,1H3;1H. The summed E-state index contributed by atoms with van der Waals surface area (Å²) in [5.41, 5.74) is 0. The van der Waals surface area contributed by atoms with Crippen molar-refractivity contribution in [3.8, 4) is 5.75 Å². The Labute approximate surface area is 146 Å². The lowest BCUT2D eigenvalue weighted by Gasteiger charge is -2.33. The number of benzene rings is 1. The average molecular weight is 355 g/mol. The first-order chi connectivity index (χ1) is 11.1. The molecule has 0 radical (unpaired) electrons. The Balaban J connectivity index is 0.00000208. The first kappa shape index (κ1) is 18.3. The van der Waals surface area contributed by atoms with E-state index in [4.69, 9.17) is 9.15 Å². The number of carbonyl (C=O) groups excluding carboxylic acids is 1. The second kappa shape index (κ2) is 8.17. The summed E-state index contributed by atoms with van der Waals surface area (Å²) in [6.45, 7) is 4.44. The molecule has 130 valence electrons. The predicted octanol–water partition coefficient (Wildman–Crippen LogP) is 2.85. The van der Waals surface area contributed by atoms with Gasteiger partial charge in [0.25, 0.3) is 5.91 Å². The summed E-state index contributed by atoms with van der Waals surface area (Å²) < 4.78 is 23.9. The number of piperazine rings is 1. The van der Waals surface area contributed by atoms with Crippen LogP contribution in [0.15, 0.2) is 40.8 Å². The van der Waals surface area contributed by atoms with Crippen LogP contribution in [0.25, 0.3) is 0 Å². The molecule has 1 saturated heterocycles. The lowest BCUT2D eigenvalue weighted by Crippen LogP contribution is -2.52. The maximum Gasteiger partial charge on any atom is 0.289 e. The zero-order chi connectivity index (χ0) is 16.2. The third-order valence-electron chi connectivity index (χ3n) is 3.83. The number of hydrogen-bond donors (Lipinski definition) is 1. The zero-order valence-electron chi connectivity index (χ0n) is 13.3. The predicted molar refractivity (Wildman–Crippen MR) is 90.1 cm³/mol. The molecule has 0 aliphatic carbocycles. The van der Waals surface area contributed by atoms with Crippen LogP contribution in [0.1, 0.15) is 23.2 Å². The molecule has 0 saturated carbocycles. The first-order valence-corrected chi connectivity index (χ1v) is 7.62. The molecule has 1 atom stereocenters. The van der Waals surface area contributed by atoms with Crippen molar-refractivity contribution in [2.24, 2.45) is 0 Å². The molecule has 0 bridgehead atoms. The van der Waals surface area contributed by atoms with Gasteiger partial charge in [0.05, 0.1) is 0 Å². The molecule has 1 amide bonds. The van der Waals surface area contributed by atoms with E-state index in [0.717, 1.165) is 13.1 Å². The molecule has 7 heteroatoms. The van der Waals surface area contributed by atoms with Crippen molar-refractivity contribution < 1.29 is 18.3 Å². The van der Waals surface area contributed by atoms with Gasteiger partial charge in [-0.25, -0.2) is 4.39 Å². The van der Waals surface area contributed by atoms with Gasteiger partial charge in [-0.1, -0.05) is 0 Å². The van der Waals surface area contributed by atoms with Crippen LogP contribution in [0.3, 0.4) is 0 Å². The average Bonchev–Trinajstić information content (AvgIpc) is 3.03. The molecule has 3 rings (SSSR count). The number of amides is 1. The van der Waals surface area contributed by atoms with Gasteiger partial charge in [0.1, 0.15) is 23.9 Å². The van der Waals surface area contributed by atoms with Crippen LogP contribution in [0, 0.1) is 5.82 Å². The van der Waals surface area contributed by atoms with Crippen LogP contribution in [0.5, 0.6) is 5.75 Å². The lowest BCUT2D eigenvalue weighted by atomic mass is 10.2. The number of hydrogen-bond acceptors (Lipinski definition) is 4. The molecule has 0 spiro atoms. The highest BCUT2D eigenvalue weighted by Gasteiger charge is 2.26. The van der Waals surface area contributed by atoms with E-state index in [1.807, 2.05) is 6.92 Å². The number of carbonyl (C=O) groups is 1. The number of nitrogens with one attached hydrogen (secondary N) is 1. The maximum atomic E-state index is 12.8. The fourth-order valence-electron chi connectivity index (χ4n) is 2.54. The monoisotopic (exact) mass is 354 g/mol. The minimum absolute atomic E-state index is 0. The summed E-state index contributed by atoms with van der Waals surface area (Å²) in [6.07, 6.45) is 0. The van der Waals surface area contributed by atoms with Crippen LogP contribution in [-0.2, 0) is 6.61 Å². The molecule has 1 unspecified atom stereocenters. The van der Waals surface area contributed by atoms with Crippen molar-refractivity contribution in [1.82, 2.24) is 10.2 Å². The summed E-state index contributed by atoms with van der Waals surface area (Å²) >= 11 is 0. The molecule has 1 aliphatic heterocycles. The molecule has 1 aliphatic rings. The van der Waals surface area contributed by atoms with E-state index in [2.05, 4.69) is 5.32 Å². The quantitative estimate of drug-likeness (QED) is 0.917. The van der Waals surface area contributed by atoms with Crippen LogP contribution in [0.2, 0.25) is 0 Å². The molecule has 1 N–H and O–H groups in total. The van der Waals surface area contributed by atoms with E-state index in [0.29, 0.717) is 23.8 Å². The van der Waals surface area contributed by atoms with Gasteiger partial charge in [0, 0.05) is 25.7 Å². The van der Waals surface area contributed by atoms with Gasteiger partial charge in [0.15, 0.2) is 5.76 Å². The minimum Gasteiger partial charge on any atom is -0.486 e. The summed E-state index contributed by atoms with van der Waals surface area (Å²) in [7, 11) is 0. The van der Waals surface area contributed by atoms with Crippen molar-refractivity contribution in [3.05, 3.63) is 53.7 Å². The van der Waals surface area contributed by atoms with Gasteiger partial charge in [0.2, 0.25) is 0 Å². The fourth-order valence-corrected chi connectivity index (χ4v) is 2.54. The normalized spacial score (nSPS) is 17.2. The molecular weight excluding hydrogens is 335 g/mol. The Morgan fingerprint density at radius 1 is 1.33 bits per heavy atom. The molecule has 1 fully saturated rings. The molecule has 1 aromatic heterocycles. The summed E-state index contributed by atoms with van der Waals surface area (Å²) in [4.78, 5) is 14.3. The van der Waals surface area contributed by atoms with Crippen molar-refractivity contribution in [3.63, 3.8) is 0 Å². The third kappa shape index (κ3) is 4.27. The Morgan fingerprint density at radius 2 is 2.08 bits per heavy atom. The number of halogens is 2. The first-order valence-electron chi connectivity index (χ1n) is 7.62. The minimum atomic E-state index is -0.312. The fraction of sp³-hybridized carbons (Fsp3) is 0.353. The van der Waals surface area contributed by atoms with E-state index in [9.17, 15) is 9.18 Å². The van der Waals surface area contributed by atoms with E-state index in [1.165, 1.54) is 12.1 Å². The number of nitrogens with zero attached hydrogens (tertiary/aromatic N) is 1. The van der Waals surface area contributed by atoms with Crippen molar-refractivity contribution in [2.75, 3.05) is 19.6 Å². The number of ether oxygens (including phenoxy) is 1. The second-order valence-electron chi connectivity index (χ2n) is 5.56.